The summed E-state index contributed by atoms with van der Waals surface area (Å²) in [5.74, 6) is 1.24. The van der Waals surface area contributed by atoms with Gasteiger partial charge in [-0.05, 0) is 37.0 Å². The average molecular weight is 397 g/mol. The maximum Gasteiger partial charge on any atom is 0.0563 e. The second-order valence-electron chi connectivity index (χ2n) is 4.79. The van der Waals surface area contributed by atoms with E-state index in [1.165, 1.54) is 11.3 Å². The van der Waals surface area contributed by atoms with Crippen LogP contribution in [0, 0.1) is 0 Å². The van der Waals surface area contributed by atoms with Gasteiger partial charge in [-0.25, -0.2) is 0 Å². The number of unbranched alkanes of at least 4 members (excludes halogenated alkanes) is 1. The molecule has 0 aromatic heterocycles. The van der Waals surface area contributed by atoms with Crippen molar-refractivity contribution >= 4 is 44.8 Å². The van der Waals surface area contributed by atoms with Gasteiger partial charge in [0.2, 0.25) is 0 Å². The molecule has 0 radical (unpaired) electrons. The van der Waals surface area contributed by atoms with Gasteiger partial charge in [-0.1, -0.05) is 28.1 Å². The molecule has 0 heterocycles. The Labute approximate surface area is 146 Å². The van der Waals surface area contributed by atoms with E-state index in [1.807, 2.05) is 0 Å². The van der Waals surface area contributed by atoms with Gasteiger partial charge in [-0.2, -0.15) is 0 Å². The zero-order valence-corrected chi connectivity index (χ0v) is 15.5. The van der Waals surface area contributed by atoms with Crippen LogP contribution in [0.2, 0.25) is 0 Å². The third-order valence-electron chi connectivity index (χ3n) is 3.24. The van der Waals surface area contributed by atoms with Crippen LogP contribution in [0.15, 0.2) is 24.3 Å². The number of alkyl halides is 3. The molecular formula is C16H24BrCl2NO. The van der Waals surface area contributed by atoms with Gasteiger partial charge in [0.05, 0.1) is 6.61 Å². The third-order valence-corrected chi connectivity index (χ3v) is 3.90. The van der Waals surface area contributed by atoms with Crippen molar-refractivity contribution in [2.75, 3.05) is 48.3 Å². The molecule has 21 heavy (non-hydrogen) atoms. The standard InChI is InChI=1S/C16H24BrCl2NO/c17-8-14-21-13-2-1-3-15-4-6-16(7-5-15)20(11-9-18)12-10-19/h4-7H,1-3,8-14H2. The first-order chi connectivity index (χ1) is 10.3. The molecular weight excluding hydrogens is 373 g/mol. The Balaban J connectivity index is 2.35. The minimum absolute atomic E-state index is 0.618. The topological polar surface area (TPSA) is 12.5 Å². The van der Waals surface area contributed by atoms with Crippen LogP contribution < -0.4 is 4.90 Å². The third kappa shape index (κ3) is 8.29. The second-order valence-corrected chi connectivity index (χ2v) is 6.34. The number of halogens is 3. The Bertz CT molecular complexity index is 356. The van der Waals surface area contributed by atoms with Crippen LogP contribution in [0.3, 0.4) is 0 Å². The van der Waals surface area contributed by atoms with E-state index in [0.717, 1.165) is 50.9 Å². The molecule has 0 spiro atoms. The highest BCUT2D eigenvalue weighted by Crippen LogP contribution is 2.16. The highest BCUT2D eigenvalue weighted by molar-refractivity contribution is 9.09. The molecule has 0 atom stereocenters. The zero-order valence-electron chi connectivity index (χ0n) is 12.4. The van der Waals surface area contributed by atoms with Gasteiger partial charge < -0.3 is 9.64 Å². The lowest BCUT2D eigenvalue weighted by atomic mass is 10.1. The van der Waals surface area contributed by atoms with Gasteiger partial charge in [0.15, 0.2) is 0 Å². The Morgan fingerprint density at radius 2 is 1.62 bits per heavy atom. The summed E-state index contributed by atoms with van der Waals surface area (Å²) in [5.41, 5.74) is 2.57. The lowest BCUT2D eigenvalue weighted by Gasteiger charge is -2.23. The predicted octanol–water partition coefficient (Wildman–Crippen LogP) is 4.70. The number of rotatable bonds is 12. The molecule has 0 aliphatic carbocycles. The fourth-order valence-electron chi connectivity index (χ4n) is 2.14. The Kier molecular flexibility index (Phi) is 11.4. The Hall–Kier alpha value is 0.0400. The molecule has 0 aliphatic rings. The summed E-state index contributed by atoms with van der Waals surface area (Å²) >= 11 is 15.0. The predicted molar refractivity (Wildman–Crippen MR) is 97.6 cm³/mol. The molecule has 0 N–H and O–H groups in total. The van der Waals surface area contributed by atoms with Crippen LogP contribution >= 0.6 is 39.1 Å². The van der Waals surface area contributed by atoms with E-state index in [-0.39, 0.29) is 0 Å². The minimum atomic E-state index is 0.618. The smallest absolute Gasteiger partial charge is 0.0563 e. The molecule has 0 bridgehead atoms. The largest absolute Gasteiger partial charge is 0.381 e. The highest BCUT2D eigenvalue weighted by Gasteiger charge is 2.05. The SMILES string of the molecule is ClCCN(CCCl)c1ccc(CCCCOCCBr)cc1. The van der Waals surface area contributed by atoms with Crippen molar-refractivity contribution in [1.29, 1.82) is 0 Å². The fraction of sp³-hybridized carbons (Fsp3) is 0.625. The van der Waals surface area contributed by atoms with Gasteiger partial charge in [0.1, 0.15) is 0 Å². The molecule has 0 fully saturated rings. The van der Waals surface area contributed by atoms with Gasteiger partial charge >= 0.3 is 0 Å². The first-order valence-corrected chi connectivity index (χ1v) is 9.60. The van der Waals surface area contributed by atoms with Crippen LogP contribution in [0.1, 0.15) is 18.4 Å². The molecule has 0 unspecified atom stereocenters. The van der Waals surface area contributed by atoms with Crippen molar-refractivity contribution in [2.24, 2.45) is 0 Å². The van der Waals surface area contributed by atoms with Crippen molar-refractivity contribution < 1.29 is 4.74 Å². The van der Waals surface area contributed by atoms with E-state index >= 15 is 0 Å². The number of ether oxygens (including phenoxy) is 1. The molecule has 0 aliphatic heterocycles. The summed E-state index contributed by atoms with van der Waals surface area (Å²) in [5, 5.41) is 0.912. The van der Waals surface area contributed by atoms with E-state index in [9.17, 15) is 0 Å². The number of hydrogen-bond donors (Lipinski definition) is 0. The van der Waals surface area contributed by atoms with Gasteiger partial charge in [-0.3, -0.25) is 0 Å². The lowest BCUT2D eigenvalue weighted by Crippen LogP contribution is -2.27. The van der Waals surface area contributed by atoms with E-state index < -0.39 is 0 Å². The maximum absolute atomic E-state index is 5.83. The first kappa shape index (κ1) is 19.1. The summed E-state index contributed by atoms with van der Waals surface area (Å²) in [7, 11) is 0. The molecule has 5 heteroatoms. The Morgan fingerprint density at radius 1 is 0.952 bits per heavy atom. The summed E-state index contributed by atoms with van der Waals surface area (Å²) in [6.45, 7) is 3.31. The van der Waals surface area contributed by atoms with Crippen LogP contribution in [0.4, 0.5) is 5.69 Å². The molecule has 0 saturated carbocycles. The molecule has 0 amide bonds. The summed E-state index contributed by atoms with van der Waals surface area (Å²) in [6, 6.07) is 8.72. The monoisotopic (exact) mass is 395 g/mol. The van der Waals surface area contributed by atoms with Gasteiger partial charge in [0, 0.05) is 42.5 Å². The van der Waals surface area contributed by atoms with E-state index in [2.05, 4.69) is 45.1 Å². The van der Waals surface area contributed by atoms with Crippen molar-refractivity contribution in [2.45, 2.75) is 19.3 Å². The number of hydrogen-bond acceptors (Lipinski definition) is 2. The molecule has 1 aromatic carbocycles. The molecule has 1 aromatic rings. The minimum Gasteiger partial charge on any atom is -0.381 e. The fourth-order valence-corrected chi connectivity index (χ4v) is 2.77. The van der Waals surface area contributed by atoms with Crippen molar-refractivity contribution in [3.63, 3.8) is 0 Å². The summed E-state index contributed by atoms with van der Waals surface area (Å²) < 4.78 is 5.45. The van der Waals surface area contributed by atoms with E-state index in [4.69, 9.17) is 27.9 Å². The average Bonchev–Trinajstić information content (AvgIpc) is 2.51. The van der Waals surface area contributed by atoms with Crippen molar-refractivity contribution in [3.05, 3.63) is 29.8 Å². The zero-order chi connectivity index (χ0) is 15.3. The second kappa shape index (κ2) is 12.6. The Morgan fingerprint density at radius 3 is 2.19 bits per heavy atom. The van der Waals surface area contributed by atoms with Crippen molar-refractivity contribution in [1.82, 2.24) is 0 Å². The van der Waals surface area contributed by atoms with Crippen LogP contribution in [0.5, 0.6) is 0 Å². The summed E-state index contributed by atoms with van der Waals surface area (Å²) in [6.07, 6.45) is 3.37. The first-order valence-electron chi connectivity index (χ1n) is 7.41. The number of aryl methyl sites for hydroxylation is 1. The normalized spacial score (nSPS) is 10.8. The molecule has 2 nitrogen and oxygen atoms in total. The number of anilines is 1. The molecule has 120 valence electrons. The number of benzene rings is 1. The van der Waals surface area contributed by atoms with Crippen LogP contribution in [0.25, 0.3) is 0 Å². The van der Waals surface area contributed by atoms with E-state index in [1.54, 1.807) is 0 Å². The van der Waals surface area contributed by atoms with Crippen LogP contribution in [-0.4, -0.2) is 43.4 Å². The quantitative estimate of drug-likeness (QED) is 0.374. The molecule has 0 saturated heterocycles. The lowest BCUT2D eigenvalue weighted by molar-refractivity contribution is 0.146. The van der Waals surface area contributed by atoms with Gasteiger partial charge in [0.25, 0.3) is 0 Å². The van der Waals surface area contributed by atoms with Gasteiger partial charge in [-0.15, -0.1) is 23.2 Å². The van der Waals surface area contributed by atoms with Crippen LogP contribution in [-0.2, 0) is 11.2 Å². The highest BCUT2D eigenvalue weighted by atomic mass is 79.9. The van der Waals surface area contributed by atoms with E-state index in [0.29, 0.717) is 11.8 Å². The van der Waals surface area contributed by atoms with Crippen molar-refractivity contribution in [3.8, 4) is 0 Å². The maximum atomic E-state index is 5.83. The summed E-state index contributed by atoms with van der Waals surface area (Å²) in [4.78, 5) is 2.22. The molecule has 1 rings (SSSR count). The number of nitrogens with zero attached hydrogens (tertiary/aromatic N) is 1.